The van der Waals surface area contributed by atoms with Crippen LogP contribution in [0.1, 0.15) is 32.1 Å². The number of amides is 2. The molecule has 4 aliphatic carbocycles. The molecule has 0 aromatic heterocycles. The fourth-order valence-corrected chi connectivity index (χ4v) is 5.37. The molecular formula is C19H26N2O3. The van der Waals surface area contributed by atoms with Gasteiger partial charge in [0.25, 0.3) is 0 Å². The molecule has 0 radical (unpaired) electrons. The van der Waals surface area contributed by atoms with Gasteiger partial charge in [0.05, 0.1) is 19.9 Å². The van der Waals surface area contributed by atoms with Gasteiger partial charge in [-0.1, -0.05) is 0 Å². The van der Waals surface area contributed by atoms with Crippen molar-refractivity contribution in [2.75, 3.05) is 19.5 Å². The van der Waals surface area contributed by atoms with Crippen LogP contribution in [-0.2, 0) is 0 Å². The summed E-state index contributed by atoms with van der Waals surface area (Å²) in [6, 6.07) is 5.62. The third-order valence-electron chi connectivity index (χ3n) is 6.18. The van der Waals surface area contributed by atoms with E-state index in [2.05, 4.69) is 10.6 Å². The molecular weight excluding hydrogens is 304 g/mol. The largest absolute Gasteiger partial charge is 0.497 e. The van der Waals surface area contributed by atoms with Gasteiger partial charge in [-0.15, -0.1) is 0 Å². The van der Waals surface area contributed by atoms with Crippen LogP contribution in [0.25, 0.3) is 0 Å². The summed E-state index contributed by atoms with van der Waals surface area (Å²) in [5, 5.41) is 6.19. The van der Waals surface area contributed by atoms with Crippen molar-refractivity contribution in [3.8, 4) is 11.5 Å². The highest BCUT2D eigenvalue weighted by molar-refractivity contribution is 5.91. The fraction of sp³-hybridized carbons (Fsp3) is 0.632. The Morgan fingerprint density at radius 3 is 2.25 bits per heavy atom. The van der Waals surface area contributed by atoms with Gasteiger partial charge in [0.15, 0.2) is 0 Å². The second-order valence-electron chi connectivity index (χ2n) is 7.62. The predicted octanol–water partition coefficient (Wildman–Crippen LogP) is 3.65. The number of urea groups is 1. The molecule has 4 saturated carbocycles. The van der Waals surface area contributed by atoms with Crippen LogP contribution >= 0.6 is 0 Å². The van der Waals surface area contributed by atoms with E-state index in [-0.39, 0.29) is 6.03 Å². The molecule has 5 heteroatoms. The lowest BCUT2D eigenvalue weighted by Gasteiger charge is -2.54. The van der Waals surface area contributed by atoms with Gasteiger partial charge in [-0.25, -0.2) is 4.79 Å². The molecule has 0 saturated heterocycles. The van der Waals surface area contributed by atoms with Crippen LogP contribution in [0.2, 0.25) is 0 Å². The molecule has 130 valence electrons. The van der Waals surface area contributed by atoms with E-state index >= 15 is 0 Å². The van der Waals surface area contributed by atoms with Crippen LogP contribution in [-0.4, -0.2) is 26.3 Å². The molecule has 4 aliphatic rings. The highest BCUT2D eigenvalue weighted by Gasteiger charge is 2.48. The van der Waals surface area contributed by atoms with Crippen molar-refractivity contribution in [3.63, 3.8) is 0 Å². The SMILES string of the molecule is COc1ccc(NC(=O)NC2C3CC4CC(C3)CC2C4)c(OC)c1. The van der Waals surface area contributed by atoms with E-state index < -0.39 is 0 Å². The number of benzene rings is 1. The highest BCUT2D eigenvalue weighted by atomic mass is 16.5. The molecule has 5 rings (SSSR count). The van der Waals surface area contributed by atoms with Crippen LogP contribution in [0.3, 0.4) is 0 Å². The normalized spacial score (nSPS) is 33.2. The van der Waals surface area contributed by atoms with Crippen molar-refractivity contribution in [3.05, 3.63) is 18.2 Å². The summed E-state index contributed by atoms with van der Waals surface area (Å²) in [4.78, 5) is 12.5. The van der Waals surface area contributed by atoms with Gasteiger partial charge in [-0.2, -0.15) is 0 Å². The van der Waals surface area contributed by atoms with Crippen molar-refractivity contribution >= 4 is 11.7 Å². The summed E-state index contributed by atoms with van der Waals surface area (Å²) in [5.41, 5.74) is 0.666. The first kappa shape index (κ1) is 15.6. The molecule has 24 heavy (non-hydrogen) atoms. The number of carbonyl (C=O) groups excluding carboxylic acids is 1. The molecule has 0 heterocycles. The molecule has 4 fully saturated rings. The monoisotopic (exact) mass is 330 g/mol. The van der Waals surface area contributed by atoms with E-state index in [0.29, 0.717) is 35.1 Å². The number of ether oxygens (including phenoxy) is 2. The highest BCUT2D eigenvalue weighted by Crippen LogP contribution is 2.53. The third kappa shape index (κ3) is 2.80. The lowest BCUT2D eigenvalue weighted by molar-refractivity contribution is -0.00883. The molecule has 1 aromatic carbocycles. The summed E-state index contributed by atoms with van der Waals surface area (Å²) >= 11 is 0. The van der Waals surface area contributed by atoms with E-state index in [0.717, 1.165) is 11.8 Å². The minimum Gasteiger partial charge on any atom is -0.497 e. The Labute approximate surface area is 143 Å². The van der Waals surface area contributed by atoms with E-state index in [1.807, 2.05) is 12.1 Å². The number of rotatable bonds is 4. The fourth-order valence-electron chi connectivity index (χ4n) is 5.37. The summed E-state index contributed by atoms with van der Waals surface area (Å²) in [5.74, 6) is 4.48. The Balaban J connectivity index is 1.42. The first-order chi connectivity index (χ1) is 11.7. The van der Waals surface area contributed by atoms with Crippen LogP contribution < -0.4 is 20.1 Å². The summed E-state index contributed by atoms with van der Waals surface area (Å²) in [6.07, 6.45) is 6.61. The molecule has 0 unspecified atom stereocenters. The van der Waals surface area contributed by atoms with Crippen LogP contribution in [0.4, 0.5) is 10.5 Å². The number of carbonyl (C=O) groups is 1. The van der Waals surface area contributed by atoms with Crippen molar-refractivity contribution in [2.24, 2.45) is 23.7 Å². The van der Waals surface area contributed by atoms with Gasteiger partial charge < -0.3 is 20.1 Å². The maximum absolute atomic E-state index is 12.5. The number of hydrogen-bond donors (Lipinski definition) is 2. The Hall–Kier alpha value is -1.91. The van der Waals surface area contributed by atoms with Crippen LogP contribution in [0, 0.1) is 23.7 Å². The summed E-state index contributed by atoms with van der Waals surface area (Å²) in [6.45, 7) is 0. The Bertz CT molecular complexity index is 603. The molecule has 2 N–H and O–H groups in total. The van der Waals surface area contributed by atoms with Gasteiger partial charge in [-0.3, -0.25) is 0 Å². The predicted molar refractivity (Wildman–Crippen MR) is 92.5 cm³/mol. The Morgan fingerprint density at radius 1 is 1.00 bits per heavy atom. The third-order valence-corrected chi connectivity index (χ3v) is 6.18. The Kier molecular flexibility index (Phi) is 4.02. The minimum absolute atomic E-state index is 0.129. The number of hydrogen-bond acceptors (Lipinski definition) is 3. The van der Waals surface area contributed by atoms with Crippen LogP contribution in [0.5, 0.6) is 11.5 Å². The zero-order chi connectivity index (χ0) is 16.7. The molecule has 0 atom stereocenters. The number of anilines is 1. The molecule has 0 aliphatic heterocycles. The molecule has 1 aromatic rings. The zero-order valence-corrected chi connectivity index (χ0v) is 14.4. The Morgan fingerprint density at radius 2 is 1.67 bits per heavy atom. The maximum Gasteiger partial charge on any atom is 0.319 e. The first-order valence-electron chi connectivity index (χ1n) is 8.95. The number of methoxy groups -OCH3 is 2. The average Bonchev–Trinajstić information content (AvgIpc) is 2.58. The van der Waals surface area contributed by atoms with Crippen molar-refractivity contribution in [2.45, 2.75) is 38.1 Å². The van der Waals surface area contributed by atoms with E-state index in [9.17, 15) is 4.79 Å². The second kappa shape index (κ2) is 6.19. The maximum atomic E-state index is 12.5. The first-order valence-corrected chi connectivity index (χ1v) is 8.95. The topological polar surface area (TPSA) is 59.6 Å². The van der Waals surface area contributed by atoms with E-state index in [1.165, 1.54) is 32.1 Å². The summed E-state index contributed by atoms with van der Waals surface area (Å²) in [7, 11) is 3.21. The van der Waals surface area contributed by atoms with Gasteiger partial charge in [0, 0.05) is 12.1 Å². The zero-order valence-electron chi connectivity index (χ0n) is 14.4. The van der Waals surface area contributed by atoms with Crippen LogP contribution in [0.15, 0.2) is 18.2 Å². The lowest BCUT2D eigenvalue weighted by atomic mass is 9.54. The second-order valence-corrected chi connectivity index (χ2v) is 7.62. The van der Waals surface area contributed by atoms with E-state index in [4.69, 9.17) is 9.47 Å². The molecule has 4 bridgehead atoms. The van der Waals surface area contributed by atoms with E-state index in [1.54, 1.807) is 20.3 Å². The number of nitrogens with one attached hydrogen (secondary N) is 2. The molecule has 2 amide bonds. The van der Waals surface area contributed by atoms with Gasteiger partial charge in [-0.05, 0) is 67.9 Å². The van der Waals surface area contributed by atoms with Crippen molar-refractivity contribution < 1.29 is 14.3 Å². The smallest absolute Gasteiger partial charge is 0.319 e. The van der Waals surface area contributed by atoms with Crippen molar-refractivity contribution in [1.82, 2.24) is 5.32 Å². The van der Waals surface area contributed by atoms with Gasteiger partial charge in [0.1, 0.15) is 11.5 Å². The van der Waals surface area contributed by atoms with Gasteiger partial charge >= 0.3 is 6.03 Å². The quantitative estimate of drug-likeness (QED) is 0.886. The molecule has 0 spiro atoms. The average molecular weight is 330 g/mol. The molecule has 5 nitrogen and oxygen atoms in total. The van der Waals surface area contributed by atoms with Gasteiger partial charge in [0.2, 0.25) is 0 Å². The standard InChI is InChI=1S/C19H26N2O3/c1-23-15-3-4-16(17(10-15)24-2)20-19(22)21-18-13-6-11-5-12(8-13)9-14(18)7-11/h3-4,10-14,18H,5-9H2,1-2H3,(H2,20,21,22). The van der Waals surface area contributed by atoms with Crippen molar-refractivity contribution in [1.29, 1.82) is 0 Å². The summed E-state index contributed by atoms with van der Waals surface area (Å²) < 4.78 is 10.5. The lowest BCUT2D eigenvalue weighted by Crippen LogP contribution is -2.56. The minimum atomic E-state index is -0.129.